The van der Waals surface area contributed by atoms with Crippen LogP contribution in [0.5, 0.6) is 0 Å². The van der Waals surface area contributed by atoms with E-state index in [1.807, 2.05) is 42.5 Å². The summed E-state index contributed by atoms with van der Waals surface area (Å²) in [5, 5.41) is 20.0. The minimum Gasteiger partial charge on any atom is -0.462 e. The lowest BCUT2D eigenvalue weighted by molar-refractivity contribution is -0.161. The minimum absolute atomic E-state index is 0.00143. The molecule has 0 aliphatic heterocycles. The molecule has 0 aromatic heterocycles. The van der Waals surface area contributed by atoms with Crippen LogP contribution in [0.15, 0.2) is 97.2 Å². The van der Waals surface area contributed by atoms with Crippen molar-refractivity contribution >= 4 is 19.8 Å². The Morgan fingerprint density at radius 2 is 1.06 bits per heavy atom. The van der Waals surface area contributed by atoms with Crippen molar-refractivity contribution in [3.63, 3.8) is 0 Å². The van der Waals surface area contributed by atoms with Gasteiger partial charge in [0, 0.05) is 12.8 Å². The summed E-state index contributed by atoms with van der Waals surface area (Å²) in [6, 6.07) is 0. The molecule has 306 valence electrons. The SMILES string of the molecule is CCCCC/C=C\C/C=C\C/C=C\C/C=C\CCCC(=O)O[C@H](COC(=O)CCC[C@@H](O)/C=C/C=C\C/C=C\C=C\[C@@H](O)CCCCC)COP(=O)(O)O. The van der Waals surface area contributed by atoms with E-state index in [1.165, 1.54) is 19.3 Å². The number of unbranched alkanes of at least 4 members (excludes halogenated alkanes) is 6. The summed E-state index contributed by atoms with van der Waals surface area (Å²) >= 11 is 0. The molecule has 54 heavy (non-hydrogen) atoms. The van der Waals surface area contributed by atoms with Gasteiger partial charge in [0.25, 0.3) is 0 Å². The number of phosphoric ester groups is 1. The predicted molar refractivity (Wildman–Crippen MR) is 218 cm³/mol. The molecule has 0 aromatic carbocycles. The fraction of sp³-hybridized carbons (Fsp3) is 0.581. The lowest BCUT2D eigenvalue weighted by Crippen LogP contribution is -2.29. The number of ether oxygens (including phenoxy) is 2. The van der Waals surface area contributed by atoms with Gasteiger partial charge >= 0.3 is 19.8 Å². The van der Waals surface area contributed by atoms with Gasteiger partial charge in [0.15, 0.2) is 6.10 Å². The first-order chi connectivity index (χ1) is 26.1. The summed E-state index contributed by atoms with van der Waals surface area (Å²) in [6.07, 6.45) is 43.5. The predicted octanol–water partition coefficient (Wildman–Crippen LogP) is 9.78. The molecular weight excluding hydrogens is 707 g/mol. The summed E-state index contributed by atoms with van der Waals surface area (Å²) in [6.45, 7) is 3.29. The minimum atomic E-state index is -4.83. The van der Waals surface area contributed by atoms with Crippen LogP contribution < -0.4 is 0 Å². The van der Waals surface area contributed by atoms with E-state index >= 15 is 0 Å². The number of esters is 2. The van der Waals surface area contributed by atoms with Gasteiger partial charge in [0.2, 0.25) is 0 Å². The van der Waals surface area contributed by atoms with Gasteiger partial charge in [0.1, 0.15) is 6.61 Å². The molecule has 0 fully saturated rings. The van der Waals surface area contributed by atoms with Crippen LogP contribution in [0.1, 0.15) is 129 Å². The number of carbonyl (C=O) groups excluding carboxylic acids is 2. The zero-order valence-electron chi connectivity index (χ0n) is 32.8. The summed E-state index contributed by atoms with van der Waals surface area (Å²) in [5.74, 6) is -1.19. The van der Waals surface area contributed by atoms with E-state index in [4.69, 9.17) is 19.3 Å². The second-order valence-corrected chi connectivity index (χ2v) is 14.2. The number of hydrogen-bond donors (Lipinski definition) is 4. The van der Waals surface area contributed by atoms with Crippen molar-refractivity contribution in [3.8, 4) is 0 Å². The average molecular weight is 777 g/mol. The molecule has 0 aromatic rings. The van der Waals surface area contributed by atoms with Crippen molar-refractivity contribution in [2.45, 2.75) is 148 Å². The Morgan fingerprint density at radius 1 is 0.574 bits per heavy atom. The molecule has 0 unspecified atom stereocenters. The number of hydrogen-bond acceptors (Lipinski definition) is 8. The molecule has 0 radical (unpaired) electrons. The highest BCUT2D eigenvalue weighted by Gasteiger charge is 2.23. The Labute approximate surface area is 325 Å². The lowest BCUT2D eigenvalue weighted by Gasteiger charge is -2.18. The first-order valence-corrected chi connectivity index (χ1v) is 21.3. The third-order valence-electron chi connectivity index (χ3n) is 7.78. The topological polar surface area (TPSA) is 160 Å². The summed E-state index contributed by atoms with van der Waals surface area (Å²) in [5.41, 5.74) is 0. The first kappa shape index (κ1) is 50.9. The van der Waals surface area contributed by atoms with Gasteiger partial charge in [-0.2, -0.15) is 0 Å². The van der Waals surface area contributed by atoms with Crippen molar-refractivity contribution in [2.24, 2.45) is 0 Å². The second-order valence-electron chi connectivity index (χ2n) is 12.9. The van der Waals surface area contributed by atoms with Crippen molar-refractivity contribution in [2.75, 3.05) is 13.2 Å². The number of rotatable bonds is 34. The number of aliphatic hydroxyl groups is 2. The van der Waals surface area contributed by atoms with Crippen LogP contribution in [-0.4, -0.2) is 63.5 Å². The Hall–Kier alpha value is -3.11. The molecule has 0 saturated heterocycles. The van der Waals surface area contributed by atoms with E-state index in [0.29, 0.717) is 32.1 Å². The van der Waals surface area contributed by atoms with Gasteiger partial charge < -0.3 is 29.5 Å². The molecule has 0 bridgehead atoms. The quantitative estimate of drug-likeness (QED) is 0.0163. The van der Waals surface area contributed by atoms with Crippen molar-refractivity contribution in [1.29, 1.82) is 0 Å². The van der Waals surface area contributed by atoms with Gasteiger partial charge in [-0.15, -0.1) is 0 Å². The van der Waals surface area contributed by atoms with Crippen LogP contribution in [0.25, 0.3) is 0 Å². The molecule has 3 atom stereocenters. The van der Waals surface area contributed by atoms with E-state index in [9.17, 15) is 24.4 Å². The van der Waals surface area contributed by atoms with Crippen LogP contribution in [0.2, 0.25) is 0 Å². The Bertz CT molecular complexity index is 1220. The number of phosphoric acid groups is 1. The zero-order valence-corrected chi connectivity index (χ0v) is 33.7. The van der Waals surface area contributed by atoms with Crippen LogP contribution in [-0.2, 0) is 28.2 Å². The molecule has 11 heteroatoms. The Morgan fingerprint density at radius 3 is 1.61 bits per heavy atom. The van der Waals surface area contributed by atoms with Crippen LogP contribution in [0.4, 0.5) is 0 Å². The Kier molecular flexibility index (Phi) is 34.7. The van der Waals surface area contributed by atoms with Crippen molar-refractivity contribution in [3.05, 3.63) is 97.2 Å². The summed E-state index contributed by atoms with van der Waals surface area (Å²) < 4.78 is 26.1. The molecule has 0 heterocycles. The fourth-order valence-electron chi connectivity index (χ4n) is 4.75. The third kappa shape index (κ3) is 38.6. The van der Waals surface area contributed by atoms with E-state index in [0.717, 1.165) is 51.4 Å². The monoisotopic (exact) mass is 776 g/mol. The molecule has 0 aliphatic carbocycles. The van der Waals surface area contributed by atoms with Crippen molar-refractivity contribution in [1.82, 2.24) is 0 Å². The molecule has 0 amide bonds. The summed E-state index contributed by atoms with van der Waals surface area (Å²) in [4.78, 5) is 42.8. The van der Waals surface area contributed by atoms with Gasteiger partial charge in [-0.1, -0.05) is 143 Å². The van der Waals surface area contributed by atoms with Gasteiger partial charge in [-0.05, 0) is 70.6 Å². The van der Waals surface area contributed by atoms with E-state index in [2.05, 4.69) is 54.8 Å². The standard InChI is InChI=1S/C43H69O10P/c1-3-5-7-8-9-10-11-12-13-14-15-16-17-18-22-25-29-35-43(47)53-41(38-52-54(48,49)50)37-51-42(46)36-30-34-40(45)33-28-24-21-19-20-23-27-32-39(44)31-26-6-4-2/h9-10,12-13,15-16,18,20-24,27-28,32-33,39-41,44-45H,3-8,11,14,17,19,25-26,29-31,34-38H2,1-2H3,(H2,48,49,50)/b10-9-,13-12-,16-15-,22-18-,23-20-,24-21-,32-27+,33-28+/t39-,40-,41+/m0/s1. The Balaban J connectivity index is 4.32. The number of aliphatic hydroxyl groups excluding tert-OH is 2. The van der Waals surface area contributed by atoms with E-state index in [-0.39, 0.29) is 12.8 Å². The first-order valence-electron chi connectivity index (χ1n) is 19.7. The maximum Gasteiger partial charge on any atom is 0.469 e. The highest BCUT2D eigenvalue weighted by molar-refractivity contribution is 7.46. The maximum atomic E-state index is 12.4. The van der Waals surface area contributed by atoms with Crippen LogP contribution in [0, 0.1) is 0 Å². The van der Waals surface area contributed by atoms with Crippen LogP contribution >= 0.6 is 7.82 Å². The lowest BCUT2D eigenvalue weighted by atomic mass is 10.1. The van der Waals surface area contributed by atoms with Gasteiger partial charge in [-0.3, -0.25) is 14.1 Å². The van der Waals surface area contributed by atoms with Gasteiger partial charge in [0.05, 0.1) is 18.8 Å². The molecule has 10 nitrogen and oxygen atoms in total. The second kappa shape index (κ2) is 36.8. The van der Waals surface area contributed by atoms with Crippen LogP contribution in [0.3, 0.4) is 0 Å². The highest BCUT2D eigenvalue weighted by Crippen LogP contribution is 2.36. The molecule has 0 aliphatic rings. The highest BCUT2D eigenvalue weighted by atomic mass is 31.2. The molecule has 0 spiro atoms. The molecule has 4 N–H and O–H groups in total. The number of carbonyl (C=O) groups is 2. The molecule has 0 saturated carbocycles. The fourth-order valence-corrected chi connectivity index (χ4v) is 5.11. The largest absolute Gasteiger partial charge is 0.469 e. The smallest absolute Gasteiger partial charge is 0.462 e. The third-order valence-corrected chi connectivity index (χ3v) is 8.27. The van der Waals surface area contributed by atoms with Gasteiger partial charge in [-0.25, -0.2) is 4.57 Å². The zero-order chi connectivity index (χ0) is 40.0. The van der Waals surface area contributed by atoms with Crippen molar-refractivity contribution < 1.29 is 48.2 Å². The number of allylic oxidation sites excluding steroid dienone is 14. The normalized spacial score (nSPS) is 14.7. The summed E-state index contributed by atoms with van der Waals surface area (Å²) in [7, 11) is -4.83. The molecular formula is C43H69O10P. The van der Waals surface area contributed by atoms with E-state index in [1.54, 1.807) is 18.2 Å². The average Bonchev–Trinajstić information content (AvgIpc) is 3.13. The maximum absolute atomic E-state index is 12.4. The molecule has 0 rings (SSSR count). The van der Waals surface area contributed by atoms with E-state index < -0.39 is 51.3 Å².